The average Bonchev–Trinajstić information content (AvgIpc) is 3.27. The van der Waals surface area contributed by atoms with E-state index in [0.29, 0.717) is 5.13 Å². The van der Waals surface area contributed by atoms with Crippen LogP contribution in [0.5, 0.6) is 0 Å². The maximum Gasteiger partial charge on any atom is 0.277 e. The van der Waals surface area contributed by atoms with Crippen molar-refractivity contribution in [2.75, 3.05) is 5.32 Å². The molecule has 7 nitrogen and oxygen atoms in total. The van der Waals surface area contributed by atoms with Gasteiger partial charge in [0.1, 0.15) is 11.5 Å². The number of hydrogen-bond donors (Lipinski definition) is 2. The Hall–Kier alpha value is -3.59. The number of carbonyl (C=O) groups is 1. The number of nitrogens with one attached hydrogen (secondary N) is 2. The molecule has 4 aromatic rings. The third-order valence-electron chi connectivity index (χ3n) is 4.43. The van der Waals surface area contributed by atoms with Crippen LogP contribution in [0.3, 0.4) is 0 Å². The van der Waals surface area contributed by atoms with E-state index in [1.165, 1.54) is 35.6 Å². The Labute approximate surface area is 168 Å². The minimum atomic E-state index is -0.459. The van der Waals surface area contributed by atoms with Gasteiger partial charge in [0.15, 0.2) is 5.13 Å². The number of rotatable bonds is 4. The zero-order chi connectivity index (χ0) is 20.5. The molecule has 0 radical (unpaired) electrons. The Morgan fingerprint density at radius 1 is 1.17 bits per heavy atom. The number of H-pyrrole nitrogens is 1. The number of aromatic amines is 1. The van der Waals surface area contributed by atoms with Gasteiger partial charge in [-0.15, -0.1) is 11.3 Å². The highest BCUT2D eigenvalue weighted by Gasteiger charge is 2.16. The van der Waals surface area contributed by atoms with Crippen molar-refractivity contribution in [2.24, 2.45) is 0 Å². The zero-order valence-corrected chi connectivity index (χ0v) is 16.4. The molecule has 0 fully saturated rings. The topological polar surface area (TPSA) is 92.7 Å². The van der Waals surface area contributed by atoms with Gasteiger partial charge in [0.2, 0.25) is 0 Å². The van der Waals surface area contributed by atoms with E-state index in [2.05, 4.69) is 20.5 Å². The second-order valence-electron chi connectivity index (χ2n) is 6.40. The fraction of sp³-hybridized carbons (Fsp3) is 0.100. The van der Waals surface area contributed by atoms with Crippen LogP contribution in [0.15, 0.2) is 52.6 Å². The summed E-state index contributed by atoms with van der Waals surface area (Å²) in [4.78, 5) is 27.8. The molecule has 0 bridgehead atoms. The van der Waals surface area contributed by atoms with E-state index in [4.69, 9.17) is 0 Å². The molecule has 0 spiro atoms. The van der Waals surface area contributed by atoms with Crippen molar-refractivity contribution in [3.05, 3.63) is 81.1 Å². The van der Waals surface area contributed by atoms with E-state index in [9.17, 15) is 14.0 Å². The number of nitrogens with zero attached hydrogens (tertiary/aromatic N) is 3. The summed E-state index contributed by atoms with van der Waals surface area (Å²) in [5.74, 6) is -0.743. The van der Waals surface area contributed by atoms with Gasteiger partial charge in [-0.25, -0.2) is 14.5 Å². The van der Waals surface area contributed by atoms with E-state index in [1.807, 2.05) is 29.9 Å². The van der Waals surface area contributed by atoms with Gasteiger partial charge >= 0.3 is 0 Å². The standard InChI is InChI=1S/C20H16FN5O2S/c1-11-9-15(12(2)26(11)14-5-3-13(21)4-6-14)17-10-29-20(22-17)23-19(28)16-7-8-18(27)25-24-16/h3-10H,1-2H3,(H,25,27)(H,22,23,28). The maximum absolute atomic E-state index is 13.2. The van der Waals surface area contributed by atoms with Crippen LogP contribution in [0.2, 0.25) is 0 Å². The van der Waals surface area contributed by atoms with Gasteiger partial charge in [0.25, 0.3) is 11.5 Å². The zero-order valence-electron chi connectivity index (χ0n) is 15.6. The van der Waals surface area contributed by atoms with Crippen LogP contribution in [0, 0.1) is 19.7 Å². The Morgan fingerprint density at radius 2 is 1.93 bits per heavy atom. The molecule has 0 saturated heterocycles. The molecule has 0 unspecified atom stereocenters. The molecule has 1 aromatic carbocycles. The van der Waals surface area contributed by atoms with Crippen LogP contribution in [0.1, 0.15) is 21.9 Å². The largest absolute Gasteiger partial charge is 0.318 e. The molecule has 9 heteroatoms. The molecule has 4 rings (SSSR count). The van der Waals surface area contributed by atoms with Crippen LogP contribution in [-0.2, 0) is 0 Å². The summed E-state index contributed by atoms with van der Waals surface area (Å²) in [6, 6.07) is 10.9. The molecule has 3 aromatic heterocycles. The summed E-state index contributed by atoms with van der Waals surface area (Å²) in [7, 11) is 0. The van der Waals surface area contributed by atoms with Crippen LogP contribution >= 0.6 is 11.3 Å². The molecular weight excluding hydrogens is 393 g/mol. The third kappa shape index (κ3) is 3.72. The van der Waals surface area contributed by atoms with Gasteiger partial charge < -0.3 is 4.57 Å². The second-order valence-corrected chi connectivity index (χ2v) is 7.25. The van der Waals surface area contributed by atoms with Gasteiger partial charge in [-0.1, -0.05) is 0 Å². The molecule has 29 heavy (non-hydrogen) atoms. The number of thiazole rings is 1. The van der Waals surface area contributed by atoms with Crippen molar-refractivity contribution in [2.45, 2.75) is 13.8 Å². The van der Waals surface area contributed by atoms with Gasteiger partial charge in [-0.05, 0) is 50.2 Å². The highest BCUT2D eigenvalue weighted by atomic mass is 32.1. The van der Waals surface area contributed by atoms with Crippen LogP contribution < -0.4 is 10.9 Å². The second kappa shape index (κ2) is 7.44. The van der Waals surface area contributed by atoms with Crippen LogP contribution in [-0.4, -0.2) is 25.7 Å². The normalized spacial score (nSPS) is 10.9. The predicted molar refractivity (Wildman–Crippen MR) is 109 cm³/mol. The Kier molecular flexibility index (Phi) is 4.81. The van der Waals surface area contributed by atoms with E-state index >= 15 is 0 Å². The van der Waals surface area contributed by atoms with Gasteiger partial charge in [-0.2, -0.15) is 5.10 Å². The van der Waals surface area contributed by atoms with Crippen LogP contribution in [0.4, 0.5) is 9.52 Å². The highest BCUT2D eigenvalue weighted by molar-refractivity contribution is 7.14. The van der Waals surface area contributed by atoms with E-state index < -0.39 is 5.91 Å². The van der Waals surface area contributed by atoms with Crippen molar-refractivity contribution < 1.29 is 9.18 Å². The molecule has 0 aliphatic carbocycles. The lowest BCUT2D eigenvalue weighted by atomic mass is 10.2. The van der Waals surface area contributed by atoms with E-state index in [1.54, 1.807) is 12.1 Å². The smallest absolute Gasteiger partial charge is 0.277 e. The van der Waals surface area contributed by atoms with E-state index in [-0.39, 0.29) is 17.1 Å². The monoisotopic (exact) mass is 409 g/mol. The molecule has 0 aliphatic rings. The molecule has 146 valence electrons. The summed E-state index contributed by atoms with van der Waals surface area (Å²) in [6.45, 7) is 3.93. The number of carbonyl (C=O) groups excluding carboxylic acids is 1. The summed E-state index contributed by atoms with van der Waals surface area (Å²) in [6.07, 6.45) is 0. The Bertz CT molecular complexity index is 1240. The molecule has 0 aliphatic heterocycles. The number of benzene rings is 1. The first-order valence-corrected chi connectivity index (χ1v) is 9.58. The maximum atomic E-state index is 13.2. The predicted octanol–water partition coefficient (Wildman–Crippen LogP) is 3.69. The lowest BCUT2D eigenvalue weighted by molar-refractivity contribution is 0.102. The quantitative estimate of drug-likeness (QED) is 0.538. The molecule has 2 N–H and O–H groups in total. The van der Waals surface area contributed by atoms with Gasteiger partial charge in [0.05, 0.1) is 5.69 Å². The van der Waals surface area contributed by atoms with Crippen molar-refractivity contribution in [1.82, 2.24) is 19.7 Å². The fourth-order valence-corrected chi connectivity index (χ4v) is 3.80. The van der Waals surface area contributed by atoms with Crippen molar-refractivity contribution in [1.29, 1.82) is 0 Å². The fourth-order valence-electron chi connectivity index (χ4n) is 3.10. The minimum Gasteiger partial charge on any atom is -0.318 e. The van der Waals surface area contributed by atoms with Crippen molar-refractivity contribution >= 4 is 22.4 Å². The number of amides is 1. The Balaban J connectivity index is 1.60. The minimum absolute atomic E-state index is 0.0934. The summed E-state index contributed by atoms with van der Waals surface area (Å²) in [5.41, 5.74) is 4.16. The number of halogens is 1. The van der Waals surface area contributed by atoms with Crippen LogP contribution in [0.25, 0.3) is 16.9 Å². The lowest BCUT2D eigenvalue weighted by Crippen LogP contribution is -2.17. The molecular formula is C20H16FN5O2S. The molecule has 1 amide bonds. The van der Waals surface area contributed by atoms with Crippen molar-refractivity contribution in [3.8, 4) is 16.9 Å². The van der Waals surface area contributed by atoms with E-state index in [0.717, 1.165) is 28.3 Å². The first-order valence-electron chi connectivity index (χ1n) is 8.70. The number of aromatic nitrogens is 4. The highest BCUT2D eigenvalue weighted by Crippen LogP contribution is 2.31. The summed E-state index contributed by atoms with van der Waals surface area (Å²) >= 11 is 1.29. The van der Waals surface area contributed by atoms with Gasteiger partial charge in [-0.3, -0.25) is 14.9 Å². The molecule has 3 heterocycles. The Morgan fingerprint density at radius 3 is 2.62 bits per heavy atom. The summed E-state index contributed by atoms with van der Waals surface area (Å²) in [5, 5.41) is 10.9. The first-order chi connectivity index (χ1) is 13.9. The molecule has 0 atom stereocenters. The lowest BCUT2D eigenvalue weighted by Gasteiger charge is -2.09. The average molecular weight is 409 g/mol. The first kappa shape index (κ1) is 18.8. The number of hydrogen-bond acceptors (Lipinski definition) is 5. The SMILES string of the molecule is Cc1cc(-c2csc(NC(=O)c3ccc(=O)[nH]n3)n2)c(C)n1-c1ccc(F)cc1. The van der Waals surface area contributed by atoms with Crippen molar-refractivity contribution in [3.63, 3.8) is 0 Å². The third-order valence-corrected chi connectivity index (χ3v) is 5.19. The molecule has 0 saturated carbocycles. The number of aryl methyl sites for hydroxylation is 1. The summed E-state index contributed by atoms with van der Waals surface area (Å²) < 4.78 is 15.3. The number of anilines is 1. The van der Waals surface area contributed by atoms with Gasteiger partial charge in [0, 0.05) is 34.1 Å².